The molecule has 3 heteroatoms. The van der Waals surface area contributed by atoms with Crippen LogP contribution in [-0.2, 0) is 10.7 Å². The molecule has 1 atom stereocenters. The maximum absolute atomic E-state index is 10.5. The molecule has 0 fully saturated rings. The summed E-state index contributed by atoms with van der Waals surface area (Å²) in [4.78, 5) is 11.4. The lowest BCUT2D eigenvalue weighted by atomic mass is 10.0. The van der Waals surface area contributed by atoms with Crippen molar-refractivity contribution < 1.29 is 4.79 Å². The van der Waals surface area contributed by atoms with Crippen LogP contribution in [-0.4, -0.2) is 6.29 Å². The smallest absolute Gasteiger partial charge is 0.127 e. The Morgan fingerprint density at radius 3 is 2.77 bits per heavy atom. The molecule has 0 heterocycles. The van der Waals surface area contributed by atoms with Gasteiger partial charge >= 0.3 is 0 Å². The highest BCUT2D eigenvalue weighted by atomic mass is 35.5. The van der Waals surface area contributed by atoms with Crippen molar-refractivity contribution in [3.05, 3.63) is 29.3 Å². The van der Waals surface area contributed by atoms with E-state index >= 15 is 0 Å². The molecular weight excluding hydrogens is 204 g/mol. The minimum atomic E-state index is -0.0738. The molecule has 1 aromatic rings. The highest BCUT2D eigenvalue weighted by Gasteiger charge is 2.05. The Labute approximate surface area is 88.5 Å². The maximum Gasteiger partial charge on any atom is 0.127 e. The van der Waals surface area contributed by atoms with Crippen molar-refractivity contribution in [2.75, 3.05) is 0 Å². The topological polar surface area (TPSA) is 17.1 Å². The van der Waals surface area contributed by atoms with E-state index in [4.69, 9.17) is 11.6 Å². The van der Waals surface area contributed by atoms with E-state index in [0.29, 0.717) is 5.88 Å². The molecule has 0 aromatic heterocycles. The van der Waals surface area contributed by atoms with Crippen molar-refractivity contribution in [1.82, 2.24) is 0 Å². The van der Waals surface area contributed by atoms with E-state index in [9.17, 15) is 4.79 Å². The number of benzene rings is 1. The molecule has 0 aliphatic heterocycles. The first-order valence-corrected chi connectivity index (χ1v) is 5.00. The SMILES string of the molecule is CC(C=O)c1ccc(CCl)c(S)c1. The molecule has 1 rings (SSSR count). The third kappa shape index (κ3) is 2.48. The van der Waals surface area contributed by atoms with Gasteiger partial charge in [-0.15, -0.1) is 24.2 Å². The fourth-order valence-corrected chi connectivity index (χ4v) is 1.68. The summed E-state index contributed by atoms with van der Waals surface area (Å²) in [5.41, 5.74) is 1.97. The van der Waals surface area contributed by atoms with Gasteiger partial charge in [-0.05, 0) is 17.2 Å². The zero-order chi connectivity index (χ0) is 9.84. The van der Waals surface area contributed by atoms with Crippen molar-refractivity contribution in [1.29, 1.82) is 0 Å². The monoisotopic (exact) mass is 214 g/mol. The first-order valence-electron chi connectivity index (χ1n) is 4.02. The minimum Gasteiger partial charge on any atom is -0.303 e. The molecule has 0 saturated carbocycles. The van der Waals surface area contributed by atoms with Crippen molar-refractivity contribution >= 4 is 30.5 Å². The van der Waals surface area contributed by atoms with E-state index in [1.54, 1.807) is 0 Å². The maximum atomic E-state index is 10.5. The number of hydrogen-bond acceptors (Lipinski definition) is 2. The summed E-state index contributed by atoms with van der Waals surface area (Å²) < 4.78 is 0. The van der Waals surface area contributed by atoms with Crippen LogP contribution in [0.25, 0.3) is 0 Å². The van der Waals surface area contributed by atoms with Gasteiger partial charge in [0.2, 0.25) is 0 Å². The summed E-state index contributed by atoms with van der Waals surface area (Å²) in [5.74, 6) is 0.379. The standard InChI is InChI=1S/C10H11ClOS/c1-7(6-12)8-2-3-9(5-11)10(13)4-8/h2-4,6-7,13H,5H2,1H3. The second-order valence-corrected chi connectivity index (χ2v) is 3.70. The number of alkyl halides is 1. The van der Waals surface area contributed by atoms with Crippen LogP contribution in [0.15, 0.2) is 23.1 Å². The zero-order valence-electron chi connectivity index (χ0n) is 7.33. The zero-order valence-corrected chi connectivity index (χ0v) is 8.98. The predicted octanol–water partition coefficient (Wildman–Crippen LogP) is 3.02. The van der Waals surface area contributed by atoms with Gasteiger partial charge in [-0.3, -0.25) is 0 Å². The van der Waals surface area contributed by atoms with Gasteiger partial charge in [-0.25, -0.2) is 0 Å². The largest absolute Gasteiger partial charge is 0.303 e. The van der Waals surface area contributed by atoms with Crippen LogP contribution in [0, 0.1) is 0 Å². The van der Waals surface area contributed by atoms with E-state index in [2.05, 4.69) is 12.6 Å². The van der Waals surface area contributed by atoms with Crippen molar-refractivity contribution in [3.63, 3.8) is 0 Å². The van der Waals surface area contributed by atoms with Gasteiger partial charge in [0.05, 0.1) is 0 Å². The van der Waals surface area contributed by atoms with Crippen LogP contribution in [0.3, 0.4) is 0 Å². The quantitative estimate of drug-likeness (QED) is 0.465. The summed E-state index contributed by atoms with van der Waals surface area (Å²) in [6.45, 7) is 1.86. The van der Waals surface area contributed by atoms with E-state index < -0.39 is 0 Å². The molecular formula is C10H11ClOS. The fraction of sp³-hybridized carbons (Fsp3) is 0.300. The van der Waals surface area contributed by atoms with Crippen LogP contribution in [0.5, 0.6) is 0 Å². The fourth-order valence-electron chi connectivity index (χ4n) is 1.06. The molecule has 0 N–H and O–H groups in total. The number of rotatable bonds is 3. The third-order valence-corrected chi connectivity index (χ3v) is 2.69. The van der Waals surface area contributed by atoms with Crippen LogP contribution in [0.4, 0.5) is 0 Å². The van der Waals surface area contributed by atoms with Crippen LogP contribution >= 0.6 is 24.2 Å². The molecule has 0 bridgehead atoms. The Morgan fingerprint density at radius 2 is 2.31 bits per heavy atom. The van der Waals surface area contributed by atoms with Gasteiger partial charge in [0.15, 0.2) is 0 Å². The predicted molar refractivity (Wildman–Crippen MR) is 57.7 cm³/mol. The summed E-state index contributed by atoms with van der Waals surface area (Å²) in [5, 5.41) is 0. The number of hydrogen-bond donors (Lipinski definition) is 1. The van der Waals surface area contributed by atoms with Crippen molar-refractivity contribution in [3.8, 4) is 0 Å². The van der Waals surface area contributed by atoms with Gasteiger partial charge in [0, 0.05) is 16.7 Å². The number of aldehydes is 1. The van der Waals surface area contributed by atoms with Gasteiger partial charge in [0.1, 0.15) is 6.29 Å². The van der Waals surface area contributed by atoms with E-state index in [1.165, 1.54) is 0 Å². The Bertz CT molecular complexity index is 312. The number of carbonyl (C=O) groups excluding carboxylic acids is 1. The van der Waals surface area contributed by atoms with Crippen LogP contribution in [0.1, 0.15) is 24.0 Å². The van der Waals surface area contributed by atoms with Crippen molar-refractivity contribution in [2.45, 2.75) is 23.6 Å². The number of thiol groups is 1. The Balaban J connectivity index is 3.02. The first kappa shape index (κ1) is 10.6. The average molecular weight is 215 g/mol. The molecule has 1 aromatic carbocycles. The highest BCUT2D eigenvalue weighted by molar-refractivity contribution is 7.80. The molecule has 0 radical (unpaired) electrons. The normalized spacial score (nSPS) is 12.5. The van der Waals surface area contributed by atoms with Gasteiger partial charge in [0.25, 0.3) is 0 Å². The summed E-state index contributed by atoms with van der Waals surface area (Å²) in [6, 6.07) is 5.71. The molecule has 1 nitrogen and oxygen atoms in total. The van der Waals surface area contributed by atoms with E-state index in [-0.39, 0.29) is 5.92 Å². The Morgan fingerprint density at radius 1 is 1.62 bits per heavy atom. The van der Waals surface area contributed by atoms with E-state index in [0.717, 1.165) is 22.3 Å². The lowest BCUT2D eigenvalue weighted by Crippen LogP contribution is -1.95. The second-order valence-electron chi connectivity index (χ2n) is 2.95. The average Bonchev–Trinajstić information content (AvgIpc) is 2.16. The molecule has 0 aliphatic carbocycles. The van der Waals surface area contributed by atoms with Crippen molar-refractivity contribution in [2.24, 2.45) is 0 Å². The third-order valence-electron chi connectivity index (χ3n) is 1.98. The number of halogens is 1. The van der Waals surface area contributed by atoms with Gasteiger partial charge in [-0.2, -0.15) is 0 Å². The second kappa shape index (κ2) is 4.68. The molecule has 0 spiro atoms. The Kier molecular flexibility index (Phi) is 3.82. The lowest BCUT2D eigenvalue weighted by molar-refractivity contribution is -0.108. The highest BCUT2D eigenvalue weighted by Crippen LogP contribution is 2.21. The van der Waals surface area contributed by atoms with Gasteiger partial charge in [-0.1, -0.05) is 19.1 Å². The summed E-state index contributed by atoms with van der Waals surface area (Å²) >= 11 is 9.96. The molecule has 70 valence electrons. The van der Waals surface area contributed by atoms with Gasteiger partial charge < -0.3 is 4.79 Å². The molecule has 13 heavy (non-hydrogen) atoms. The Hall–Kier alpha value is -0.470. The van der Waals surface area contributed by atoms with E-state index in [1.807, 2.05) is 25.1 Å². The summed E-state index contributed by atoms with van der Waals surface area (Å²) in [7, 11) is 0. The number of carbonyl (C=O) groups is 1. The minimum absolute atomic E-state index is 0.0738. The molecule has 1 unspecified atom stereocenters. The molecule has 0 saturated heterocycles. The van der Waals surface area contributed by atoms with Crippen LogP contribution in [0.2, 0.25) is 0 Å². The lowest BCUT2D eigenvalue weighted by Gasteiger charge is -2.07. The summed E-state index contributed by atoms with van der Waals surface area (Å²) in [6.07, 6.45) is 0.920. The molecule has 0 aliphatic rings. The first-order chi connectivity index (χ1) is 6.19. The molecule has 0 amide bonds. The van der Waals surface area contributed by atoms with Crippen LogP contribution < -0.4 is 0 Å².